The molecule has 0 spiro atoms. The van der Waals surface area contributed by atoms with Crippen LogP contribution in [0.1, 0.15) is 82.8 Å². The summed E-state index contributed by atoms with van der Waals surface area (Å²) in [5.74, 6) is -0.904. The van der Waals surface area contributed by atoms with Gasteiger partial charge in [-0.25, -0.2) is 31.1 Å². The quantitative estimate of drug-likeness (QED) is 0.141. The topological polar surface area (TPSA) is 147 Å². The van der Waals surface area contributed by atoms with E-state index in [2.05, 4.69) is 9.44 Å². The van der Waals surface area contributed by atoms with Crippen molar-refractivity contribution in [1.29, 1.82) is 0 Å². The van der Waals surface area contributed by atoms with E-state index in [-0.39, 0.29) is 27.7 Å². The Labute approximate surface area is 300 Å². The lowest BCUT2D eigenvalue weighted by molar-refractivity contribution is -0.131. The maximum absolute atomic E-state index is 12.6. The van der Waals surface area contributed by atoms with Gasteiger partial charge in [-0.05, 0) is 109 Å². The van der Waals surface area contributed by atoms with E-state index in [0.29, 0.717) is 12.8 Å². The number of hydrogen-bond donors (Lipinski definition) is 3. The van der Waals surface area contributed by atoms with E-state index >= 15 is 0 Å². The number of nitrogens with one attached hydrogen (secondary N) is 2. The Morgan fingerprint density at radius 2 is 1.08 bits per heavy atom. The van der Waals surface area contributed by atoms with Gasteiger partial charge in [-0.2, -0.15) is 0 Å². The van der Waals surface area contributed by atoms with E-state index in [0.717, 1.165) is 69.8 Å². The molecule has 4 aromatic carbocycles. The highest BCUT2D eigenvalue weighted by atomic mass is 32.2. The second-order valence-electron chi connectivity index (χ2n) is 12.8. The molecule has 11 heteroatoms. The summed E-state index contributed by atoms with van der Waals surface area (Å²) in [7, 11) is -7.12. The van der Waals surface area contributed by atoms with Crippen LogP contribution in [-0.4, -0.2) is 33.7 Å². The molecular formula is C40H42N2O7S2. The van der Waals surface area contributed by atoms with Gasteiger partial charge in [0.1, 0.15) is 0 Å². The molecule has 2 aliphatic carbocycles. The number of benzene rings is 4. The summed E-state index contributed by atoms with van der Waals surface area (Å²) in [6, 6.07) is 24.6. The van der Waals surface area contributed by atoms with Gasteiger partial charge in [0.25, 0.3) is 0 Å². The molecule has 2 aliphatic rings. The summed E-state index contributed by atoms with van der Waals surface area (Å²) in [5.41, 5.74) is 7.93. The zero-order chi connectivity index (χ0) is 36.8. The highest BCUT2D eigenvalue weighted by Gasteiger charge is 2.29. The summed E-state index contributed by atoms with van der Waals surface area (Å²) in [6.07, 6.45) is 9.52. The van der Waals surface area contributed by atoms with Crippen molar-refractivity contribution in [1.82, 2.24) is 9.44 Å². The average Bonchev–Trinajstić information content (AvgIpc) is 3.69. The van der Waals surface area contributed by atoms with E-state index in [1.54, 1.807) is 60.7 Å². The number of fused-ring (bicyclic) bond motifs is 2. The molecule has 9 nitrogen and oxygen atoms in total. The standard InChI is InChI=1S/C21H23NO3S.C19H19NO4S/c1-3-18(23)9-6-16-7-12-20-17(14-16)8-13-21(20)22-26(24,25)19-10-4-15(2)5-11-19;1-13-2-7-16(8-3-13)25(23,24)20-18-10-6-15-12-14(4-9-17(15)18)5-11-19(21)22/h4-7,9-12,14,21-22H,3,8,13H2,1-2H3;2-5,7-9,11-12,18,20H,6,10H2,1H3,(H,21,22)/b9-6+;11-5+. The van der Waals surface area contributed by atoms with Crippen LogP contribution in [0.2, 0.25) is 0 Å². The first-order valence-corrected chi connectivity index (χ1v) is 19.8. The second-order valence-corrected chi connectivity index (χ2v) is 16.2. The van der Waals surface area contributed by atoms with E-state index < -0.39 is 26.0 Å². The van der Waals surface area contributed by atoms with Gasteiger partial charge in [0.2, 0.25) is 20.0 Å². The molecule has 0 aliphatic heterocycles. The normalized spacial score (nSPS) is 16.8. The highest BCUT2D eigenvalue weighted by Crippen LogP contribution is 2.34. The van der Waals surface area contributed by atoms with Crippen LogP contribution < -0.4 is 9.44 Å². The van der Waals surface area contributed by atoms with Crippen LogP contribution >= 0.6 is 0 Å². The molecule has 0 bridgehead atoms. The van der Waals surface area contributed by atoms with Gasteiger partial charge < -0.3 is 5.11 Å². The van der Waals surface area contributed by atoms with E-state index in [1.165, 1.54) is 6.08 Å². The molecule has 2 atom stereocenters. The third-order valence-corrected chi connectivity index (χ3v) is 12.0. The number of hydrogen-bond acceptors (Lipinski definition) is 6. The van der Waals surface area contributed by atoms with Crippen LogP contribution in [0.15, 0.2) is 107 Å². The third-order valence-electron chi connectivity index (χ3n) is 8.98. The van der Waals surface area contributed by atoms with E-state index in [1.807, 2.05) is 57.2 Å². The summed E-state index contributed by atoms with van der Waals surface area (Å²) in [5, 5.41) is 8.70. The lowest BCUT2D eigenvalue weighted by Gasteiger charge is -2.15. The molecule has 4 aromatic rings. The average molecular weight is 727 g/mol. The number of ketones is 1. The molecule has 0 saturated carbocycles. The van der Waals surface area contributed by atoms with Crippen molar-refractivity contribution in [3.05, 3.63) is 142 Å². The number of carbonyl (C=O) groups is 2. The first-order valence-electron chi connectivity index (χ1n) is 16.8. The Morgan fingerprint density at radius 1 is 0.667 bits per heavy atom. The third kappa shape index (κ3) is 9.77. The summed E-state index contributed by atoms with van der Waals surface area (Å²) in [4.78, 5) is 22.6. The maximum Gasteiger partial charge on any atom is 0.328 e. The highest BCUT2D eigenvalue weighted by molar-refractivity contribution is 7.89. The van der Waals surface area contributed by atoms with Crippen molar-refractivity contribution in [2.24, 2.45) is 0 Å². The minimum Gasteiger partial charge on any atom is -0.478 e. The van der Waals surface area contributed by atoms with Crippen LogP contribution in [0.4, 0.5) is 0 Å². The van der Waals surface area contributed by atoms with Crippen molar-refractivity contribution in [2.45, 2.75) is 74.7 Å². The van der Waals surface area contributed by atoms with Crippen molar-refractivity contribution in [3.8, 4) is 0 Å². The molecule has 0 heterocycles. The number of carboxylic acid groups (broad SMARTS) is 1. The van der Waals surface area contributed by atoms with Gasteiger partial charge in [-0.3, -0.25) is 4.79 Å². The van der Waals surface area contributed by atoms with Crippen LogP contribution in [0.5, 0.6) is 0 Å². The summed E-state index contributed by atoms with van der Waals surface area (Å²) >= 11 is 0. The lowest BCUT2D eigenvalue weighted by Crippen LogP contribution is -2.27. The zero-order valence-electron chi connectivity index (χ0n) is 28.8. The molecule has 51 heavy (non-hydrogen) atoms. The predicted molar refractivity (Wildman–Crippen MR) is 199 cm³/mol. The number of aryl methyl sites for hydroxylation is 4. The van der Waals surface area contributed by atoms with Crippen molar-refractivity contribution in [2.75, 3.05) is 0 Å². The van der Waals surface area contributed by atoms with Crippen molar-refractivity contribution < 1.29 is 31.5 Å². The first kappa shape index (κ1) is 37.6. The largest absolute Gasteiger partial charge is 0.478 e. The summed E-state index contributed by atoms with van der Waals surface area (Å²) < 4.78 is 56.0. The van der Waals surface area contributed by atoms with Crippen molar-refractivity contribution in [3.63, 3.8) is 0 Å². The molecule has 0 fully saturated rings. The second kappa shape index (κ2) is 16.1. The SMILES string of the molecule is CCC(=O)/C=C/c1ccc2c(c1)CCC2NS(=O)(=O)c1ccc(C)cc1.Cc1ccc(S(=O)(=O)NC2CCc3cc(/C=C/C(=O)O)ccc32)cc1. The van der Waals surface area contributed by atoms with Gasteiger partial charge >= 0.3 is 5.97 Å². The van der Waals surface area contributed by atoms with E-state index in [4.69, 9.17) is 5.11 Å². The van der Waals surface area contributed by atoms with Crippen LogP contribution in [0.3, 0.4) is 0 Å². The van der Waals surface area contributed by atoms with Crippen LogP contribution in [0.25, 0.3) is 12.2 Å². The Morgan fingerprint density at radius 3 is 1.47 bits per heavy atom. The van der Waals surface area contributed by atoms with Crippen molar-refractivity contribution >= 4 is 44.0 Å². The van der Waals surface area contributed by atoms with Gasteiger partial charge in [0, 0.05) is 24.6 Å². The summed E-state index contributed by atoms with van der Waals surface area (Å²) in [6.45, 7) is 5.67. The fourth-order valence-corrected chi connectivity index (χ4v) is 8.65. The van der Waals surface area contributed by atoms with E-state index in [9.17, 15) is 26.4 Å². The molecule has 266 valence electrons. The first-order chi connectivity index (χ1) is 24.2. The van der Waals surface area contributed by atoms with Gasteiger partial charge in [0.05, 0.1) is 9.79 Å². The monoisotopic (exact) mass is 726 g/mol. The maximum atomic E-state index is 12.6. The fraction of sp³-hybridized carbons (Fsp3) is 0.250. The fourth-order valence-electron chi connectivity index (χ4n) is 6.15. The smallest absolute Gasteiger partial charge is 0.328 e. The Bertz CT molecular complexity index is 2190. The molecule has 0 amide bonds. The van der Waals surface area contributed by atoms with Gasteiger partial charge in [0.15, 0.2) is 5.78 Å². The predicted octanol–water partition coefficient (Wildman–Crippen LogP) is 7.01. The number of carbonyl (C=O) groups excluding carboxylic acids is 1. The van der Waals surface area contributed by atoms with Gasteiger partial charge in [-0.1, -0.05) is 84.8 Å². The number of allylic oxidation sites excluding steroid dienone is 1. The Kier molecular flexibility index (Phi) is 11.9. The zero-order valence-corrected chi connectivity index (χ0v) is 30.4. The molecule has 2 unspecified atom stereocenters. The minimum atomic E-state index is -3.58. The van der Waals surface area contributed by atoms with Gasteiger partial charge in [-0.15, -0.1) is 0 Å². The Balaban J connectivity index is 0.000000198. The molecule has 0 aromatic heterocycles. The molecule has 0 radical (unpaired) electrons. The molecule has 3 N–H and O–H groups in total. The number of aliphatic carboxylic acids is 1. The molecule has 0 saturated heterocycles. The van der Waals surface area contributed by atoms with Crippen LogP contribution in [-0.2, 0) is 42.5 Å². The number of rotatable bonds is 11. The lowest BCUT2D eigenvalue weighted by atomic mass is 10.0. The molecular weight excluding hydrogens is 685 g/mol. The minimum absolute atomic E-state index is 0.0919. The number of sulfonamides is 2. The van der Waals surface area contributed by atoms with Crippen LogP contribution in [0, 0.1) is 13.8 Å². The number of carboxylic acids is 1. The Hall–Kier alpha value is -4.68. The molecule has 6 rings (SSSR count).